The smallest absolute Gasteiger partial charge is 0.335 e. The Balaban J connectivity index is 1.40. The number of nitrogens with one attached hydrogen (secondary N) is 2. The summed E-state index contributed by atoms with van der Waals surface area (Å²) in [7, 11) is 0. The van der Waals surface area contributed by atoms with Gasteiger partial charge in [-0.25, -0.2) is 4.79 Å². The highest BCUT2D eigenvalue weighted by atomic mass is 32.1. The molecule has 0 spiro atoms. The van der Waals surface area contributed by atoms with Crippen molar-refractivity contribution in [2.24, 2.45) is 0 Å². The van der Waals surface area contributed by atoms with Crippen molar-refractivity contribution in [2.45, 2.75) is 25.4 Å². The molecule has 2 aromatic carbocycles. The molecule has 0 bridgehead atoms. The highest BCUT2D eigenvalue weighted by Gasteiger charge is 2.41. The SMILES string of the molecule is Cc1cc(C(=O)O)ccc1-c1ccc(C2C(c3ccccn3)NC(=S)N2CCCNc2ccccc2)o1. The Morgan fingerprint density at radius 1 is 1.11 bits per heavy atom. The van der Waals surface area contributed by atoms with Gasteiger partial charge in [0.1, 0.15) is 17.6 Å². The highest BCUT2D eigenvalue weighted by Crippen LogP contribution is 2.40. The maximum atomic E-state index is 11.3. The number of aryl methyl sites for hydroxylation is 1. The standard InChI is InChI=1S/C29H28N4O3S/c1-19-18-20(28(34)35)11-12-22(19)24-13-14-25(36-24)27-26(23-10-5-6-15-31-23)32-29(37)33(27)17-7-16-30-21-8-3-2-4-9-21/h2-6,8-15,18,26-27,30H,7,16-17H2,1H3,(H,32,37)(H,34,35). The lowest BCUT2D eigenvalue weighted by atomic mass is 10.0. The van der Waals surface area contributed by atoms with Crippen LogP contribution in [0.25, 0.3) is 11.3 Å². The second kappa shape index (κ2) is 10.8. The van der Waals surface area contributed by atoms with Gasteiger partial charge in [-0.1, -0.05) is 30.3 Å². The van der Waals surface area contributed by atoms with Gasteiger partial charge in [0, 0.05) is 30.5 Å². The van der Waals surface area contributed by atoms with Crippen molar-refractivity contribution >= 4 is 29.0 Å². The highest BCUT2D eigenvalue weighted by molar-refractivity contribution is 7.80. The zero-order valence-corrected chi connectivity index (χ0v) is 21.2. The van der Waals surface area contributed by atoms with Crippen molar-refractivity contribution in [1.29, 1.82) is 0 Å². The summed E-state index contributed by atoms with van der Waals surface area (Å²) < 4.78 is 6.41. The largest absolute Gasteiger partial charge is 0.478 e. The van der Waals surface area contributed by atoms with Gasteiger partial charge in [-0.3, -0.25) is 4.98 Å². The molecule has 8 heteroatoms. The van der Waals surface area contributed by atoms with E-state index in [1.165, 1.54) is 0 Å². The lowest BCUT2D eigenvalue weighted by Gasteiger charge is -2.26. The van der Waals surface area contributed by atoms with Gasteiger partial charge in [-0.05, 0) is 79.7 Å². The lowest BCUT2D eigenvalue weighted by molar-refractivity contribution is 0.0696. The number of nitrogens with zero attached hydrogens (tertiary/aromatic N) is 2. The van der Waals surface area contributed by atoms with E-state index in [2.05, 4.69) is 32.7 Å². The molecule has 3 N–H and O–H groups in total. The molecular weight excluding hydrogens is 484 g/mol. The van der Waals surface area contributed by atoms with Crippen LogP contribution in [0, 0.1) is 6.92 Å². The molecule has 2 atom stereocenters. The van der Waals surface area contributed by atoms with Crippen LogP contribution in [-0.4, -0.2) is 39.2 Å². The molecule has 0 saturated carbocycles. The van der Waals surface area contributed by atoms with Gasteiger partial charge < -0.3 is 25.1 Å². The van der Waals surface area contributed by atoms with Crippen LogP contribution >= 0.6 is 12.2 Å². The number of rotatable bonds is 9. The number of thiocarbonyl (C=S) groups is 1. The predicted octanol–water partition coefficient (Wildman–Crippen LogP) is 5.82. The zero-order valence-electron chi connectivity index (χ0n) is 20.4. The molecular formula is C29H28N4O3S. The Bertz CT molecular complexity index is 1390. The topological polar surface area (TPSA) is 90.6 Å². The second-order valence-corrected chi connectivity index (χ2v) is 9.39. The summed E-state index contributed by atoms with van der Waals surface area (Å²) in [5.74, 6) is 0.513. The quantitative estimate of drug-likeness (QED) is 0.191. The molecule has 5 rings (SSSR count). The third-order valence-electron chi connectivity index (χ3n) is 6.53. The molecule has 1 aliphatic heterocycles. The molecule has 0 amide bonds. The summed E-state index contributed by atoms with van der Waals surface area (Å²) in [6.45, 7) is 3.43. The summed E-state index contributed by atoms with van der Waals surface area (Å²) in [5.41, 5.74) is 3.93. The number of para-hydroxylation sites is 1. The van der Waals surface area contributed by atoms with E-state index in [1.807, 2.05) is 55.5 Å². The molecule has 188 valence electrons. The fourth-order valence-electron chi connectivity index (χ4n) is 4.72. The van der Waals surface area contributed by atoms with Crippen molar-refractivity contribution < 1.29 is 14.3 Å². The number of hydrogen-bond acceptors (Lipinski definition) is 5. The van der Waals surface area contributed by atoms with Gasteiger partial charge in [-0.15, -0.1) is 0 Å². The Hall–Kier alpha value is -4.17. The van der Waals surface area contributed by atoms with Crippen LogP contribution in [-0.2, 0) is 0 Å². The predicted molar refractivity (Wildman–Crippen MR) is 148 cm³/mol. The third-order valence-corrected chi connectivity index (χ3v) is 6.89. The van der Waals surface area contributed by atoms with Crippen molar-refractivity contribution in [1.82, 2.24) is 15.2 Å². The second-order valence-electron chi connectivity index (χ2n) is 9.00. The van der Waals surface area contributed by atoms with Crippen LogP contribution < -0.4 is 10.6 Å². The van der Waals surface area contributed by atoms with Gasteiger partial charge in [0.2, 0.25) is 0 Å². The minimum absolute atomic E-state index is 0.162. The first-order valence-corrected chi connectivity index (χ1v) is 12.6. The van der Waals surface area contributed by atoms with Crippen LogP contribution in [0.1, 0.15) is 45.9 Å². The molecule has 1 aliphatic rings. The summed E-state index contributed by atoms with van der Waals surface area (Å²) in [4.78, 5) is 18.1. The number of anilines is 1. The van der Waals surface area contributed by atoms with Crippen LogP contribution in [0.4, 0.5) is 5.69 Å². The normalized spacial score (nSPS) is 17.0. The van der Waals surface area contributed by atoms with Crippen molar-refractivity contribution in [2.75, 3.05) is 18.4 Å². The number of aromatic carboxylic acids is 1. The number of furan rings is 1. The minimum Gasteiger partial charge on any atom is -0.478 e. The number of aromatic nitrogens is 1. The van der Waals surface area contributed by atoms with Gasteiger partial charge in [0.25, 0.3) is 0 Å². The summed E-state index contributed by atoms with van der Waals surface area (Å²) in [6, 6.07) is 24.6. The fraction of sp³-hybridized carbons (Fsp3) is 0.207. The average molecular weight is 513 g/mol. The number of carbonyl (C=O) groups is 1. The van der Waals surface area contributed by atoms with E-state index in [0.717, 1.165) is 47.8 Å². The van der Waals surface area contributed by atoms with E-state index in [0.29, 0.717) is 10.9 Å². The van der Waals surface area contributed by atoms with Crippen LogP contribution in [0.5, 0.6) is 0 Å². The van der Waals surface area contributed by atoms with E-state index < -0.39 is 5.97 Å². The van der Waals surface area contributed by atoms with Gasteiger partial charge >= 0.3 is 5.97 Å². The van der Waals surface area contributed by atoms with Gasteiger partial charge in [-0.2, -0.15) is 0 Å². The summed E-state index contributed by atoms with van der Waals surface area (Å²) >= 11 is 5.77. The molecule has 0 aliphatic carbocycles. The first kappa shape index (κ1) is 24.5. The lowest BCUT2D eigenvalue weighted by Crippen LogP contribution is -2.31. The number of pyridine rings is 1. The molecule has 3 heterocycles. The van der Waals surface area contributed by atoms with Crippen molar-refractivity contribution in [3.05, 3.63) is 108 Å². The summed E-state index contributed by atoms with van der Waals surface area (Å²) in [6.07, 6.45) is 2.66. The molecule has 1 saturated heterocycles. The fourth-order valence-corrected chi connectivity index (χ4v) is 5.05. The van der Waals surface area contributed by atoms with E-state index in [4.69, 9.17) is 16.6 Å². The Morgan fingerprint density at radius 2 is 1.92 bits per heavy atom. The minimum atomic E-state index is -0.948. The molecule has 0 radical (unpaired) electrons. The first-order chi connectivity index (χ1) is 18.0. The van der Waals surface area contributed by atoms with E-state index >= 15 is 0 Å². The number of benzene rings is 2. The number of carboxylic acids is 1. The maximum Gasteiger partial charge on any atom is 0.335 e. The van der Waals surface area contributed by atoms with Gasteiger partial charge in [0.15, 0.2) is 5.11 Å². The molecule has 7 nitrogen and oxygen atoms in total. The molecule has 4 aromatic rings. The molecule has 1 fully saturated rings. The average Bonchev–Trinajstić information content (AvgIpc) is 3.52. The molecule has 2 unspecified atom stereocenters. The van der Waals surface area contributed by atoms with Crippen LogP contribution in [0.2, 0.25) is 0 Å². The maximum absolute atomic E-state index is 11.3. The first-order valence-electron chi connectivity index (χ1n) is 12.2. The van der Waals surface area contributed by atoms with E-state index in [-0.39, 0.29) is 17.6 Å². The zero-order chi connectivity index (χ0) is 25.8. The van der Waals surface area contributed by atoms with Gasteiger partial charge in [0.05, 0.1) is 17.3 Å². The number of carboxylic acid groups (broad SMARTS) is 1. The van der Waals surface area contributed by atoms with E-state index in [9.17, 15) is 9.90 Å². The molecule has 37 heavy (non-hydrogen) atoms. The van der Waals surface area contributed by atoms with Crippen molar-refractivity contribution in [3.63, 3.8) is 0 Å². The van der Waals surface area contributed by atoms with Crippen LogP contribution in [0.15, 0.2) is 89.5 Å². The Labute approximate surface area is 221 Å². The van der Waals surface area contributed by atoms with Crippen LogP contribution in [0.3, 0.4) is 0 Å². The van der Waals surface area contributed by atoms with E-state index in [1.54, 1.807) is 24.4 Å². The van der Waals surface area contributed by atoms with Crippen molar-refractivity contribution in [3.8, 4) is 11.3 Å². The Kier molecular flexibility index (Phi) is 7.18. The number of hydrogen-bond donors (Lipinski definition) is 3. The summed E-state index contributed by atoms with van der Waals surface area (Å²) in [5, 5.41) is 16.9. The third kappa shape index (κ3) is 5.34. The Morgan fingerprint density at radius 3 is 2.65 bits per heavy atom. The molecule has 2 aromatic heterocycles. The monoisotopic (exact) mass is 512 g/mol.